The number of nitriles is 1. The van der Waals surface area contributed by atoms with E-state index in [-0.39, 0.29) is 0 Å². The molecule has 4 nitrogen and oxygen atoms in total. The molecule has 88 valence electrons. The summed E-state index contributed by atoms with van der Waals surface area (Å²) in [5, 5.41) is 8.74. The van der Waals surface area contributed by atoms with Crippen molar-refractivity contribution in [3.63, 3.8) is 0 Å². The Hall–Kier alpha value is -2.67. The van der Waals surface area contributed by atoms with Crippen molar-refractivity contribution in [1.29, 1.82) is 5.26 Å². The molecule has 0 aliphatic carbocycles. The van der Waals surface area contributed by atoms with Crippen molar-refractivity contribution in [1.82, 2.24) is 4.98 Å². The summed E-state index contributed by atoms with van der Waals surface area (Å²) in [6, 6.07) is 12.6. The molecule has 1 aromatic carbocycles. The van der Waals surface area contributed by atoms with Crippen LogP contribution in [0.5, 0.6) is 0 Å². The lowest BCUT2D eigenvalue weighted by Crippen LogP contribution is -2.13. The van der Waals surface area contributed by atoms with Gasteiger partial charge in [-0.1, -0.05) is 0 Å². The fourth-order valence-electron chi connectivity index (χ4n) is 1.66. The summed E-state index contributed by atoms with van der Waals surface area (Å²) in [4.78, 5) is 17.0. The summed E-state index contributed by atoms with van der Waals surface area (Å²) in [5.41, 5.74) is 2.00. The third kappa shape index (κ3) is 2.20. The average Bonchev–Trinajstić information content (AvgIpc) is 2.46. The Balaban J connectivity index is 2.38. The molecule has 2 aromatic rings. The van der Waals surface area contributed by atoms with Gasteiger partial charge in [0, 0.05) is 18.9 Å². The van der Waals surface area contributed by atoms with E-state index in [0.29, 0.717) is 16.9 Å². The summed E-state index contributed by atoms with van der Waals surface area (Å²) in [5.74, 6) is 0.595. The second kappa shape index (κ2) is 5.11. The van der Waals surface area contributed by atoms with Gasteiger partial charge in [0.05, 0.1) is 17.2 Å². The maximum Gasteiger partial charge on any atom is 0.153 e. The molecule has 0 spiro atoms. The smallest absolute Gasteiger partial charge is 0.153 e. The molecule has 1 heterocycles. The van der Waals surface area contributed by atoms with Crippen molar-refractivity contribution in [3.05, 3.63) is 53.7 Å². The van der Waals surface area contributed by atoms with Crippen LogP contribution in [0.4, 0.5) is 11.5 Å². The van der Waals surface area contributed by atoms with Crippen LogP contribution in [0.2, 0.25) is 0 Å². The van der Waals surface area contributed by atoms with Crippen molar-refractivity contribution in [2.45, 2.75) is 0 Å². The Bertz CT molecular complexity index is 599. The Morgan fingerprint density at radius 1 is 1.28 bits per heavy atom. The molecule has 18 heavy (non-hydrogen) atoms. The fourth-order valence-corrected chi connectivity index (χ4v) is 1.66. The zero-order valence-corrected chi connectivity index (χ0v) is 9.87. The minimum atomic E-state index is 0.532. The van der Waals surface area contributed by atoms with Crippen LogP contribution in [0, 0.1) is 11.3 Å². The SMILES string of the molecule is CN(c1ccc(C#N)cc1)c1ncccc1C=O. The maximum atomic E-state index is 11.0. The highest BCUT2D eigenvalue weighted by atomic mass is 16.1. The number of carbonyl (C=O) groups excluding carboxylic acids is 1. The minimum Gasteiger partial charge on any atom is -0.329 e. The van der Waals surface area contributed by atoms with Crippen molar-refractivity contribution >= 4 is 17.8 Å². The van der Waals surface area contributed by atoms with E-state index in [2.05, 4.69) is 11.1 Å². The van der Waals surface area contributed by atoms with Crippen LogP contribution in [-0.4, -0.2) is 18.3 Å². The highest BCUT2D eigenvalue weighted by Crippen LogP contribution is 2.23. The van der Waals surface area contributed by atoms with Crippen LogP contribution in [0.1, 0.15) is 15.9 Å². The Labute approximate surface area is 105 Å². The number of aldehydes is 1. The van der Waals surface area contributed by atoms with Crippen LogP contribution >= 0.6 is 0 Å². The van der Waals surface area contributed by atoms with E-state index < -0.39 is 0 Å². The van der Waals surface area contributed by atoms with E-state index in [4.69, 9.17) is 5.26 Å². The molecular formula is C14H11N3O. The normalized spacial score (nSPS) is 9.56. The van der Waals surface area contributed by atoms with E-state index in [9.17, 15) is 4.79 Å². The molecule has 0 aliphatic heterocycles. The highest BCUT2D eigenvalue weighted by molar-refractivity contribution is 5.84. The molecule has 0 saturated carbocycles. The Kier molecular flexibility index (Phi) is 3.35. The Morgan fingerprint density at radius 3 is 2.61 bits per heavy atom. The second-order valence-corrected chi connectivity index (χ2v) is 3.75. The van der Waals surface area contributed by atoms with E-state index in [1.54, 1.807) is 30.5 Å². The predicted molar refractivity (Wildman–Crippen MR) is 68.8 cm³/mol. The first-order valence-electron chi connectivity index (χ1n) is 5.40. The number of pyridine rings is 1. The number of anilines is 2. The molecule has 0 amide bonds. The summed E-state index contributed by atoms with van der Waals surface area (Å²) in [7, 11) is 1.83. The molecule has 0 aliphatic rings. The largest absolute Gasteiger partial charge is 0.329 e. The topological polar surface area (TPSA) is 57.0 Å². The van der Waals surface area contributed by atoms with Gasteiger partial charge in [-0.25, -0.2) is 4.98 Å². The zero-order chi connectivity index (χ0) is 13.0. The summed E-state index contributed by atoms with van der Waals surface area (Å²) in [6.07, 6.45) is 2.42. The first-order valence-corrected chi connectivity index (χ1v) is 5.40. The summed E-state index contributed by atoms with van der Waals surface area (Å²) >= 11 is 0. The van der Waals surface area contributed by atoms with Gasteiger partial charge in [-0.05, 0) is 36.4 Å². The molecule has 1 aromatic heterocycles. The number of benzene rings is 1. The highest BCUT2D eigenvalue weighted by Gasteiger charge is 2.09. The number of nitrogens with zero attached hydrogens (tertiary/aromatic N) is 3. The number of hydrogen-bond acceptors (Lipinski definition) is 4. The van der Waals surface area contributed by atoms with Gasteiger partial charge >= 0.3 is 0 Å². The molecule has 0 radical (unpaired) electrons. The van der Waals surface area contributed by atoms with Crippen LogP contribution in [0.15, 0.2) is 42.6 Å². The summed E-state index contributed by atoms with van der Waals surface area (Å²) < 4.78 is 0. The van der Waals surface area contributed by atoms with Crippen LogP contribution < -0.4 is 4.90 Å². The van der Waals surface area contributed by atoms with Crippen LogP contribution in [0.25, 0.3) is 0 Å². The fraction of sp³-hybridized carbons (Fsp3) is 0.0714. The van der Waals surface area contributed by atoms with Crippen molar-refractivity contribution in [2.75, 3.05) is 11.9 Å². The summed E-state index contributed by atoms with van der Waals surface area (Å²) in [6.45, 7) is 0. The molecule has 0 unspecified atom stereocenters. The molecule has 0 atom stereocenters. The van der Waals surface area contributed by atoms with Crippen molar-refractivity contribution < 1.29 is 4.79 Å². The number of aromatic nitrogens is 1. The van der Waals surface area contributed by atoms with Crippen molar-refractivity contribution in [2.24, 2.45) is 0 Å². The monoisotopic (exact) mass is 237 g/mol. The van der Waals surface area contributed by atoms with Crippen LogP contribution in [0.3, 0.4) is 0 Å². The molecule has 0 bridgehead atoms. The van der Waals surface area contributed by atoms with Gasteiger partial charge in [-0.3, -0.25) is 4.79 Å². The van der Waals surface area contributed by atoms with E-state index in [0.717, 1.165) is 12.0 Å². The quantitative estimate of drug-likeness (QED) is 0.770. The number of rotatable bonds is 3. The number of carbonyl (C=O) groups is 1. The Morgan fingerprint density at radius 2 is 2.00 bits per heavy atom. The van der Waals surface area contributed by atoms with Gasteiger partial charge in [-0.2, -0.15) is 5.26 Å². The molecule has 0 N–H and O–H groups in total. The maximum absolute atomic E-state index is 11.0. The molecule has 0 fully saturated rings. The minimum absolute atomic E-state index is 0.532. The lowest BCUT2D eigenvalue weighted by Gasteiger charge is -2.19. The third-order valence-electron chi connectivity index (χ3n) is 2.65. The lowest BCUT2D eigenvalue weighted by molar-refractivity contribution is 0.112. The van der Waals surface area contributed by atoms with Gasteiger partial charge < -0.3 is 4.90 Å². The van der Waals surface area contributed by atoms with Gasteiger partial charge in [0.1, 0.15) is 5.82 Å². The van der Waals surface area contributed by atoms with Gasteiger partial charge in [0.15, 0.2) is 6.29 Å². The third-order valence-corrected chi connectivity index (χ3v) is 2.65. The molecule has 2 rings (SSSR count). The van der Waals surface area contributed by atoms with Gasteiger partial charge in [0.25, 0.3) is 0 Å². The lowest BCUT2D eigenvalue weighted by atomic mass is 10.2. The number of hydrogen-bond donors (Lipinski definition) is 0. The molecule has 0 saturated heterocycles. The van der Waals surface area contributed by atoms with E-state index in [1.807, 2.05) is 24.1 Å². The average molecular weight is 237 g/mol. The van der Waals surface area contributed by atoms with Crippen molar-refractivity contribution in [3.8, 4) is 6.07 Å². The zero-order valence-electron chi connectivity index (χ0n) is 9.87. The standard InChI is InChI=1S/C14H11N3O/c1-17(13-6-4-11(9-15)5-7-13)14-12(10-18)3-2-8-16-14/h2-8,10H,1H3. The van der Waals surface area contributed by atoms with Gasteiger partial charge in [0.2, 0.25) is 0 Å². The predicted octanol–water partition coefficient (Wildman–Crippen LogP) is 2.53. The molecule has 4 heteroatoms. The van der Waals surface area contributed by atoms with Crippen LogP contribution in [-0.2, 0) is 0 Å². The first-order chi connectivity index (χ1) is 8.76. The van der Waals surface area contributed by atoms with E-state index in [1.165, 1.54) is 0 Å². The van der Waals surface area contributed by atoms with Gasteiger partial charge in [-0.15, -0.1) is 0 Å². The first kappa shape index (κ1) is 11.8. The molecular weight excluding hydrogens is 226 g/mol. The van der Waals surface area contributed by atoms with E-state index >= 15 is 0 Å². The second-order valence-electron chi connectivity index (χ2n) is 3.75.